The number of hydrogen-bond acceptors (Lipinski definition) is 5. The molecule has 5 heteroatoms. The Bertz CT molecular complexity index is 226. The van der Waals surface area contributed by atoms with Gasteiger partial charge >= 0.3 is 0 Å². The van der Waals surface area contributed by atoms with Gasteiger partial charge in [0.25, 0.3) is 0 Å². The molecule has 2 atom stereocenters. The molecule has 0 radical (unpaired) electrons. The van der Waals surface area contributed by atoms with E-state index in [9.17, 15) is 5.11 Å². The third kappa shape index (κ3) is 1.45. The highest BCUT2D eigenvalue weighted by atomic mass is 16.3. The van der Waals surface area contributed by atoms with Gasteiger partial charge in [0.2, 0.25) is 0 Å². The van der Waals surface area contributed by atoms with Crippen molar-refractivity contribution in [1.29, 1.82) is 0 Å². The summed E-state index contributed by atoms with van der Waals surface area (Å²) in [4.78, 5) is 0. The number of nitrogens with two attached hydrogens (primary N) is 2. The molecule has 0 saturated heterocycles. The second-order valence-corrected chi connectivity index (χ2v) is 3.24. The zero-order chi connectivity index (χ0) is 10.2. The number of hydrazine groups is 1. The van der Waals surface area contributed by atoms with Crippen LogP contribution in [0.3, 0.4) is 0 Å². The molecule has 2 unspecified atom stereocenters. The first-order chi connectivity index (χ1) is 6.00. The summed E-state index contributed by atoms with van der Waals surface area (Å²) in [5.41, 5.74) is 12.2. The van der Waals surface area contributed by atoms with Crippen molar-refractivity contribution in [3.63, 3.8) is 0 Å². The Hall–Kier alpha value is -0.940. The van der Waals surface area contributed by atoms with E-state index < -0.39 is 6.23 Å². The fraction of sp³-hybridized carbons (Fsp3) is 0.750. The van der Waals surface area contributed by atoms with E-state index in [1.165, 1.54) is 0 Å². The molecule has 5 nitrogen and oxygen atoms in total. The van der Waals surface area contributed by atoms with E-state index in [0.29, 0.717) is 18.1 Å². The summed E-state index contributed by atoms with van der Waals surface area (Å²) in [5, 5.41) is 13.1. The highest BCUT2D eigenvalue weighted by Gasteiger charge is 2.34. The first kappa shape index (κ1) is 10.1. The quantitative estimate of drug-likeness (QED) is 0.534. The predicted octanol–water partition coefficient (Wildman–Crippen LogP) is -0.648. The molecule has 0 aromatic rings. The lowest BCUT2D eigenvalue weighted by Crippen LogP contribution is -2.48. The second-order valence-electron chi connectivity index (χ2n) is 3.24. The number of hydrogen-bond donors (Lipinski definition) is 3. The Morgan fingerprint density at radius 2 is 2.08 bits per heavy atom. The molecular formula is C8H18N4O. The van der Waals surface area contributed by atoms with Crippen LogP contribution >= 0.6 is 0 Å². The van der Waals surface area contributed by atoms with Crippen molar-refractivity contribution in [1.82, 2.24) is 10.0 Å². The standard InChI is InChI=1S/C8H18N4O/c1-4-11-8(10)7(9)5(2)12(11)6(3)13/h5-6,13H,4,9-10H2,1-3H3. The van der Waals surface area contributed by atoms with Crippen LogP contribution < -0.4 is 11.5 Å². The Morgan fingerprint density at radius 3 is 2.38 bits per heavy atom. The summed E-state index contributed by atoms with van der Waals surface area (Å²) in [6.07, 6.45) is -0.574. The van der Waals surface area contributed by atoms with Gasteiger partial charge in [0, 0.05) is 6.54 Å². The van der Waals surface area contributed by atoms with Crippen LogP contribution in [0.25, 0.3) is 0 Å². The van der Waals surface area contributed by atoms with E-state index in [-0.39, 0.29) is 6.04 Å². The molecule has 0 bridgehead atoms. The molecule has 0 amide bonds. The third-order valence-electron chi connectivity index (χ3n) is 2.38. The van der Waals surface area contributed by atoms with Gasteiger partial charge in [-0.25, -0.2) is 0 Å². The van der Waals surface area contributed by atoms with Crippen LogP contribution in [0.2, 0.25) is 0 Å². The number of nitrogens with zero attached hydrogens (tertiary/aromatic N) is 2. The van der Waals surface area contributed by atoms with Gasteiger partial charge in [-0.05, 0) is 20.8 Å². The zero-order valence-corrected chi connectivity index (χ0v) is 8.36. The van der Waals surface area contributed by atoms with Crippen LogP contribution in [0.1, 0.15) is 20.8 Å². The predicted molar refractivity (Wildman–Crippen MR) is 50.8 cm³/mol. The minimum Gasteiger partial charge on any atom is -0.398 e. The molecule has 0 aliphatic carbocycles. The van der Waals surface area contributed by atoms with Crippen molar-refractivity contribution in [3.8, 4) is 0 Å². The minimum atomic E-state index is -0.574. The highest BCUT2D eigenvalue weighted by molar-refractivity contribution is 5.17. The second kappa shape index (κ2) is 3.43. The van der Waals surface area contributed by atoms with Crippen molar-refractivity contribution in [2.45, 2.75) is 33.0 Å². The summed E-state index contributed by atoms with van der Waals surface area (Å²) < 4.78 is 0. The maximum Gasteiger partial charge on any atom is 0.134 e. The van der Waals surface area contributed by atoms with Gasteiger partial charge in [-0.2, -0.15) is 5.01 Å². The normalized spacial score (nSPS) is 27.1. The summed E-state index contributed by atoms with van der Waals surface area (Å²) in [7, 11) is 0. The van der Waals surface area contributed by atoms with Crippen LogP contribution in [0, 0.1) is 0 Å². The van der Waals surface area contributed by atoms with Gasteiger partial charge < -0.3 is 16.6 Å². The average molecular weight is 186 g/mol. The summed E-state index contributed by atoms with van der Waals surface area (Å²) >= 11 is 0. The summed E-state index contributed by atoms with van der Waals surface area (Å²) in [6, 6.07) is -0.0278. The van der Waals surface area contributed by atoms with Crippen molar-refractivity contribution in [3.05, 3.63) is 11.5 Å². The Labute approximate surface area is 78.6 Å². The van der Waals surface area contributed by atoms with E-state index in [1.54, 1.807) is 16.9 Å². The Kier molecular flexibility index (Phi) is 2.68. The number of aliphatic hydroxyl groups excluding tert-OH is 1. The fourth-order valence-electron chi connectivity index (χ4n) is 1.70. The first-order valence-electron chi connectivity index (χ1n) is 4.49. The molecule has 0 aromatic carbocycles. The lowest BCUT2D eigenvalue weighted by atomic mass is 10.2. The summed E-state index contributed by atoms with van der Waals surface area (Å²) in [5.74, 6) is 0.552. The van der Waals surface area contributed by atoms with E-state index in [4.69, 9.17) is 11.5 Å². The van der Waals surface area contributed by atoms with Crippen LogP contribution in [-0.2, 0) is 0 Å². The molecule has 13 heavy (non-hydrogen) atoms. The van der Waals surface area contributed by atoms with Crippen molar-refractivity contribution >= 4 is 0 Å². The van der Waals surface area contributed by atoms with E-state index >= 15 is 0 Å². The number of aliphatic hydroxyl groups is 1. The third-order valence-corrected chi connectivity index (χ3v) is 2.38. The lowest BCUT2D eigenvalue weighted by Gasteiger charge is -2.34. The van der Waals surface area contributed by atoms with Gasteiger partial charge in [-0.1, -0.05) is 0 Å². The van der Waals surface area contributed by atoms with Crippen LogP contribution in [-0.4, -0.2) is 33.9 Å². The maximum absolute atomic E-state index is 9.51. The smallest absolute Gasteiger partial charge is 0.134 e. The van der Waals surface area contributed by atoms with Gasteiger partial charge in [0.15, 0.2) is 0 Å². The SMILES string of the molecule is CCN1C(N)=C(N)C(C)N1C(C)O. The highest BCUT2D eigenvalue weighted by Crippen LogP contribution is 2.24. The van der Waals surface area contributed by atoms with Crippen molar-refractivity contribution in [2.75, 3.05) is 6.54 Å². The molecule has 0 fully saturated rings. The van der Waals surface area contributed by atoms with Gasteiger partial charge in [0.05, 0.1) is 11.7 Å². The molecule has 1 rings (SSSR count). The number of rotatable bonds is 2. The van der Waals surface area contributed by atoms with Crippen LogP contribution in [0.15, 0.2) is 11.5 Å². The maximum atomic E-state index is 9.51. The molecule has 1 aliphatic rings. The molecule has 5 N–H and O–H groups in total. The fourth-order valence-corrected chi connectivity index (χ4v) is 1.70. The topological polar surface area (TPSA) is 78.8 Å². The van der Waals surface area contributed by atoms with Gasteiger partial charge in [-0.15, -0.1) is 0 Å². The Morgan fingerprint density at radius 1 is 1.54 bits per heavy atom. The average Bonchev–Trinajstić information content (AvgIpc) is 2.29. The van der Waals surface area contributed by atoms with Gasteiger partial charge in [0.1, 0.15) is 12.0 Å². The monoisotopic (exact) mass is 186 g/mol. The lowest BCUT2D eigenvalue weighted by molar-refractivity contribution is -0.112. The molecule has 1 heterocycles. The van der Waals surface area contributed by atoms with E-state index in [2.05, 4.69) is 0 Å². The Balaban J connectivity index is 2.91. The minimum absolute atomic E-state index is 0.0278. The molecular weight excluding hydrogens is 168 g/mol. The molecule has 1 aliphatic heterocycles. The largest absolute Gasteiger partial charge is 0.398 e. The van der Waals surface area contributed by atoms with Crippen molar-refractivity contribution in [2.24, 2.45) is 11.5 Å². The first-order valence-corrected chi connectivity index (χ1v) is 4.49. The molecule has 76 valence electrons. The van der Waals surface area contributed by atoms with Crippen molar-refractivity contribution < 1.29 is 5.11 Å². The molecule has 0 spiro atoms. The van der Waals surface area contributed by atoms with Crippen LogP contribution in [0.4, 0.5) is 0 Å². The van der Waals surface area contributed by atoms with E-state index in [0.717, 1.165) is 0 Å². The van der Waals surface area contributed by atoms with Gasteiger partial charge in [-0.3, -0.25) is 5.01 Å². The van der Waals surface area contributed by atoms with E-state index in [1.807, 2.05) is 13.8 Å². The molecule has 0 aromatic heterocycles. The summed E-state index contributed by atoms with van der Waals surface area (Å²) in [6.45, 7) is 6.30. The molecule has 0 saturated carbocycles. The van der Waals surface area contributed by atoms with Crippen LogP contribution in [0.5, 0.6) is 0 Å². The zero-order valence-electron chi connectivity index (χ0n) is 8.36.